The lowest BCUT2D eigenvalue weighted by molar-refractivity contribution is -0.134. The number of rotatable bonds is 2. The van der Waals surface area contributed by atoms with Crippen molar-refractivity contribution in [2.45, 2.75) is 26.1 Å². The molecule has 2 saturated heterocycles. The second-order valence-corrected chi connectivity index (χ2v) is 4.75. The molecule has 2 aliphatic heterocycles. The quantitative estimate of drug-likeness (QED) is 0.661. The number of carbonyl (C=O) groups is 1. The third kappa shape index (κ3) is 1.53. The van der Waals surface area contributed by atoms with E-state index in [0.29, 0.717) is 18.5 Å². The lowest BCUT2D eigenvalue weighted by Gasteiger charge is -2.44. The van der Waals surface area contributed by atoms with Crippen molar-refractivity contribution in [3.63, 3.8) is 0 Å². The molecule has 2 fully saturated rings. The van der Waals surface area contributed by atoms with Gasteiger partial charge in [-0.15, -0.1) is 0 Å². The highest BCUT2D eigenvalue weighted by molar-refractivity contribution is 5.81. The summed E-state index contributed by atoms with van der Waals surface area (Å²) < 4.78 is 0. The summed E-state index contributed by atoms with van der Waals surface area (Å²) in [6.07, 6.45) is 0.251. The Morgan fingerprint density at radius 1 is 1.43 bits per heavy atom. The van der Waals surface area contributed by atoms with Crippen molar-refractivity contribution in [3.05, 3.63) is 0 Å². The van der Waals surface area contributed by atoms with Crippen LogP contribution in [0.25, 0.3) is 0 Å². The van der Waals surface area contributed by atoms with E-state index in [4.69, 9.17) is 0 Å². The predicted molar refractivity (Wildman–Crippen MR) is 54.8 cm³/mol. The van der Waals surface area contributed by atoms with Crippen molar-refractivity contribution in [3.8, 4) is 0 Å². The second kappa shape index (κ2) is 3.51. The summed E-state index contributed by atoms with van der Waals surface area (Å²) in [5.41, 5.74) is 0. The van der Waals surface area contributed by atoms with Gasteiger partial charge in [-0.1, -0.05) is 13.8 Å². The van der Waals surface area contributed by atoms with Crippen LogP contribution in [0.2, 0.25) is 0 Å². The van der Waals surface area contributed by atoms with Gasteiger partial charge in [0.2, 0.25) is 5.91 Å². The zero-order valence-corrected chi connectivity index (χ0v) is 9.16. The number of amides is 1. The maximum Gasteiger partial charge on any atom is 0.238 e. The standard InChI is InChI=1S/C10H19N3O/c1-7(2)10-11-4-9(14)13(10)8-5-12(3)6-8/h7-8,10-11H,4-6H2,1-3H3. The molecule has 1 amide bonds. The molecule has 0 aromatic rings. The molecule has 0 aliphatic carbocycles. The SMILES string of the molecule is CC(C)C1NCC(=O)N1C1CN(C)C1. The maximum absolute atomic E-state index is 11.7. The fraction of sp³-hybridized carbons (Fsp3) is 0.900. The molecule has 14 heavy (non-hydrogen) atoms. The van der Waals surface area contributed by atoms with Gasteiger partial charge in [0.15, 0.2) is 0 Å². The molecule has 0 spiro atoms. The number of nitrogens with one attached hydrogen (secondary N) is 1. The van der Waals surface area contributed by atoms with E-state index in [2.05, 4.69) is 31.1 Å². The van der Waals surface area contributed by atoms with Crippen molar-refractivity contribution in [2.75, 3.05) is 26.7 Å². The number of hydrogen-bond donors (Lipinski definition) is 1. The third-order valence-electron chi connectivity index (χ3n) is 3.12. The summed E-state index contributed by atoms with van der Waals surface area (Å²) >= 11 is 0. The van der Waals surface area contributed by atoms with Crippen LogP contribution in [0, 0.1) is 5.92 Å². The Labute approximate surface area is 85.2 Å². The van der Waals surface area contributed by atoms with E-state index < -0.39 is 0 Å². The fourth-order valence-corrected chi connectivity index (χ4v) is 2.37. The van der Waals surface area contributed by atoms with Gasteiger partial charge in [0.1, 0.15) is 0 Å². The molecule has 4 heteroatoms. The van der Waals surface area contributed by atoms with Crippen molar-refractivity contribution in [2.24, 2.45) is 5.92 Å². The largest absolute Gasteiger partial charge is 0.320 e. The molecule has 2 rings (SSSR count). The molecule has 4 nitrogen and oxygen atoms in total. The molecule has 2 heterocycles. The Balaban J connectivity index is 2.03. The topological polar surface area (TPSA) is 35.6 Å². The number of nitrogens with zero attached hydrogens (tertiary/aromatic N) is 2. The van der Waals surface area contributed by atoms with Gasteiger partial charge in [0.25, 0.3) is 0 Å². The molecular formula is C10H19N3O. The van der Waals surface area contributed by atoms with Crippen LogP contribution in [-0.4, -0.2) is 54.6 Å². The molecule has 1 unspecified atom stereocenters. The first-order chi connectivity index (χ1) is 6.59. The molecule has 0 bridgehead atoms. The molecule has 1 atom stereocenters. The zero-order chi connectivity index (χ0) is 10.3. The molecule has 1 N–H and O–H groups in total. The van der Waals surface area contributed by atoms with Crippen LogP contribution >= 0.6 is 0 Å². The van der Waals surface area contributed by atoms with E-state index in [1.807, 2.05) is 4.90 Å². The summed E-state index contributed by atoms with van der Waals surface area (Å²) in [7, 11) is 2.09. The molecule has 0 aromatic heterocycles. The highest BCUT2D eigenvalue weighted by Gasteiger charge is 2.41. The third-order valence-corrected chi connectivity index (χ3v) is 3.12. The summed E-state index contributed by atoms with van der Waals surface area (Å²) in [6, 6.07) is 0.440. The summed E-state index contributed by atoms with van der Waals surface area (Å²) in [5.74, 6) is 0.758. The zero-order valence-electron chi connectivity index (χ0n) is 9.16. The van der Waals surface area contributed by atoms with Gasteiger partial charge in [-0.05, 0) is 13.0 Å². The fourth-order valence-electron chi connectivity index (χ4n) is 2.37. The number of likely N-dealkylation sites (N-methyl/N-ethyl adjacent to an activating group) is 1. The van der Waals surface area contributed by atoms with Gasteiger partial charge in [0, 0.05) is 13.1 Å². The first-order valence-electron chi connectivity index (χ1n) is 5.32. The minimum atomic E-state index is 0.251. The van der Waals surface area contributed by atoms with Gasteiger partial charge < -0.3 is 9.80 Å². The lowest BCUT2D eigenvalue weighted by atomic mass is 10.0. The van der Waals surface area contributed by atoms with Crippen LogP contribution in [-0.2, 0) is 4.79 Å². The van der Waals surface area contributed by atoms with E-state index in [9.17, 15) is 4.79 Å². The average Bonchev–Trinajstić information content (AvgIpc) is 2.41. The number of likely N-dealkylation sites (tertiary alicyclic amines) is 1. The van der Waals surface area contributed by atoms with E-state index in [0.717, 1.165) is 13.1 Å². The minimum Gasteiger partial charge on any atom is -0.320 e. The monoisotopic (exact) mass is 197 g/mol. The van der Waals surface area contributed by atoms with Gasteiger partial charge in [-0.3, -0.25) is 10.1 Å². The van der Waals surface area contributed by atoms with E-state index in [-0.39, 0.29) is 12.1 Å². The molecule has 2 aliphatic rings. The van der Waals surface area contributed by atoms with Crippen LogP contribution in [0.3, 0.4) is 0 Å². The Morgan fingerprint density at radius 3 is 2.57 bits per heavy atom. The van der Waals surface area contributed by atoms with E-state index in [1.165, 1.54) is 0 Å². The summed E-state index contributed by atoms with van der Waals surface area (Å²) in [4.78, 5) is 16.0. The van der Waals surface area contributed by atoms with Gasteiger partial charge in [-0.2, -0.15) is 0 Å². The molecule has 0 aromatic carbocycles. The van der Waals surface area contributed by atoms with Crippen LogP contribution in [0.5, 0.6) is 0 Å². The van der Waals surface area contributed by atoms with Crippen molar-refractivity contribution in [1.82, 2.24) is 15.1 Å². The first kappa shape index (κ1) is 9.93. The smallest absolute Gasteiger partial charge is 0.238 e. The van der Waals surface area contributed by atoms with Gasteiger partial charge >= 0.3 is 0 Å². The van der Waals surface area contributed by atoms with Crippen LogP contribution < -0.4 is 5.32 Å². The predicted octanol–water partition coefficient (Wildman–Crippen LogP) is -0.286. The van der Waals surface area contributed by atoms with Crippen molar-refractivity contribution in [1.29, 1.82) is 0 Å². The van der Waals surface area contributed by atoms with Crippen LogP contribution in [0.4, 0.5) is 0 Å². The highest BCUT2D eigenvalue weighted by Crippen LogP contribution is 2.21. The molecule has 80 valence electrons. The van der Waals surface area contributed by atoms with E-state index >= 15 is 0 Å². The number of carbonyl (C=O) groups excluding carboxylic acids is 1. The Hall–Kier alpha value is -0.610. The van der Waals surface area contributed by atoms with Gasteiger partial charge in [0.05, 0.1) is 18.8 Å². The number of hydrogen-bond acceptors (Lipinski definition) is 3. The van der Waals surface area contributed by atoms with Crippen LogP contribution in [0.1, 0.15) is 13.8 Å². The molecule has 0 radical (unpaired) electrons. The highest BCUT2D eigenvalue weighted by atomic mass is 16.2. The lowest BCUT2D eigenvalue weighted by Crippen LogP contribution is -2.61. The van der Waals surface area contributed by atoms with Gasteiger partial charge in [-0.25, -0.2) is 0 Å². The molecule has 0 saturated carbocycles. The average molecular weight is 197 g/mol. The molecular weight excluding hydrogens is 178 g/mol. The van der Waals surface area contributed by atoms with Crippen molar-refractivity contribution >= 4 is 5.91 Å². The second-order valence-electron chi connectivity index (χ2n) is 4.75. The minimum absolute atomic E-state index is 0.251. The summed E-state index contributed by atoms with van der Waals surface area (Å²) in [5, 5.41) is 3.28. The van der Waals surface area contributed by atoms with E-state index in [1.54, 1.807) is 0 Å². The maximum atomic E-state index is 11.7. The Kier molecular flexibility index (Phi) is 2.49. The Bertz CT molecular complexity index is 236. The Morgan fingerprint density at radius 2 is 2.07 bits per heavy atom. The summed E-state index contributed by atoms with van der Waals surface area (Å²) in [6.45, 7) is 6.88. The first-order valence-corrected chi connectivity index (χ1v) is 5.32. The van der Waals surface area contributed by atoms with Crippen molar-refractivity contribution < 1.29 is 4.79 Å². The normalized spacial score (nSPS) is 30.1. The van der Waals surface area contributed by atoms with Crippen LogP contribution in [0.15, 0.2) is 0 Å².